The molecular formula is C17H27N7O. The van der Waals surface area contributed by atoms with Gasteiger partial charge in [0.05, 0.1) is 19.7 Å². The zero-order valence-corrected chi connectivity index (χ0v) is 15.2. The summed E-state index contributed by atoms with van der Waals surface area (Å²) in [5.74, 6) is 2.22. The summed E-state index contributed by atoms with van der Waals surface area (Å²) in [6, 6.07) is 3.89. The lowest BCUT2D eigenvalue weighted by Gasteiger charge is -2.12. The number of hydrogen-bond acceptors (Lipinski definition) is 5. The van der Waals surface area contributed by atoms with Crippen LogP contribution in [0.15, 0.2) is 29.6 Å². The number of ether oxygens (including phenoxy) is 1. The average Bonchev–Trinajstić information content (AvgIpc) is 3.03. The normalized spacial score (nSPS) is 11.4. The Bertz CT molecular complexity index is 669. The molecule has 0 radical (unpaired) electrons. The van der Waals surface area contributed by atoms with Crippen LogP contribution in [-0.4, -0.2) is 38.9 Å². The lowest BCUT2D eigenvalue weighted by atomic mass is 10.3. The van der Waals surface area contributed by atoms with E-state index in [1.54, 1.807) is 10.9 Å². The van der Waals surface area contributed by atoms with Crippen molar-refractivity contribution in [2.45, 2.75) is 39.8 Å². The number of unbranched alkanes of at least 4 members (excludes halogenated alkanes) is 1. The number of aromatic nitrogens is 4. The van der Waals surface area contributed by atoms with E-state index >= 15 is 0 Å². The third-order valence-corrected chi connectivity index (χ3v) is 3.56. The summed E-state index contributed by atoms with van der Waals surface area (Å²) >= 11 is 0. The van der Waals surface area contributed by atoms with Gasteiger partial charge in [0.15, 0.2) is 5.96 Å². The van der Waals surface area contributed by atoms with Crippen LogP contribution in [0.4, 0.5) is 0 Å². The van der Waals surface area contributed by atoms with Crippen molar-refractivity contribution in [3.8, 4) is 5.88 Å². The highest BCUT2D eigenvalue weighted by atomic mass is 16.5. The van der Waals surface area contributed by atoms with Crippen LogP contribution in [0.3, 0.4) is 0 Å². The first kappa shape index (κ1) is 18.7. The fourth-order valence-corrected chi connectivity index (χ4v) is 2.14. The quantitative estimate of drug-likeness (QED) is 0.408. The van der Waals surface area contributed by atoms with Gasteiger partial charge in [-0.2, -0.15) is 5.10 Å². The summed E-state index contributed by atoms with van der Waals surface area (Å²) in [4.78, 5) is 13.1. The van der Waals surface area contributed by atoms with Gasteiger partial charge in [0.2, 0.25) is 5.88 Å². The van der Waals surface area contributed by atoms with Gasteiger partial charge in [-0.15, -0.1) is 0 Å². The van der Waals surface area contributed by atoms with Gasteiger partial charge in [-0.05, 0) is 19.4 Å². The molecule has 0 spiro atoms. The van der Waals surface area contributed by atoms with E-state index in [0.717, 1.165) is 30.8 Å². The number of hydrogen-bond donors (Lipinski definition) is 2. The Balaban J connectivity index is 1.99. The average molecular weight is 345 g/mol. The summed E-state index contributed by atoms with van der Waals surface area (Å²) in [6.45, 7) is 6.66. The Hall–Kier alpha value is -2.64. The predicted octanol–water partition coefficient (Wildman–Crippen LogP) is 1.64. The van der Waals surface area contributed by atoms with Gasteiger partial charge in [-0.3, -0.25) is 4.68 Å². The molecular weight excluding hydrogens is 318 g/mol. The summed E-state index contributed by atoms with van der Waals surface area (Å²) in [7, 11) is 1.86. The minimum atomic E-state index is 0.490. The molecule has 0 aliphatic heterocycles. The third kappa shape index (κ3) is 6.06. The highest BCUT2D eigenvalue weighted by Crippen LogP contribution is 2.15. The summed E-state index contributed by atoms with van der Waals surface area (Å²) in [5, 5.41) is 10.5. The first-order valence-electron chi connectivity index (χ1n) is 8.66. The first-order chi connectivity index (χ1) is 12.2. The molecule has 8 heteroatoms. The molecule has 2 heterocycles. The molecule has 0 unspecified atom stereocenters. The minimum Gasteiger partial charge on any atom is -0.477 e. The molecule has 2 N–H and O–H groups in total. The van der Waals surface area contributed by atoms with E-state index < -0.39 is 0 Å². The van der Waals surface area contributed by atoms with Crippen LogP contribution in [0.25, 0.3) is 0 Å². The Morgan fingerprint density at radius 2 is 2.16 bits per heavy atom. The molecule has 0 saturated heterocycles. The lowest BCUT2D eigenvalue weighted by molar-refractivity contribution is 0.294. The Labute approximate surface area is 148 Å². The fourth-order valence-electron chi connectivity index (χ4n) is 2.14. The molecule has 2 aromatic rings. The molecule has 0 aromatic carbocycles. The minimum absolute atomic E-state index is 0.490. The number of nitrogens with one attached hydrogen (secondary N) is 2. The zero-order valence-electron chi connectivity index (χ0n) is 15.2. The molecule has 2 rings (SSSR count). The van der Waals surface area contributed by atoms with Gasteiger partial charge in [0.1, 0.15) is 12.2 Å². The van der Waals surface area contributed by atoms with Crippen LogP contribution in [0.1, 0.15) is 38.1 Å². The second-order valence-corrected chi connectivity index (χ2v) is 5.52. The first-order valence-corrected chi connectivity index (χ1v) is 8.66. The van der Waals surface area contributed by atoms with E-state index in [-0.39, 0.29) is 0 Å². The molecule has 0 atom stereocenters. The monoisotopic (exact) mass is 345 g/mol. The lowest BCUT2D eigenvalue weighted by Crippen LogP contribution is -2.37. The molecule has 0 aliphatic rings. The van der Waals surface area contributed by atoms with Gasteiger partial charge < -0.3 is 15.4 Å². The van der Waals surface area contributed by atoms with E-state index in [4.69, 9.17) is 4.74 Å². The molecule has 0 aliphatic carbocycles. The summed E-state index contributed by atoms with van der Waals surface area (Å²) in [6.07, 6.45) is 5.39. The smallest absolute Gasteiger partial charge is 0.218 e. The van der Waals surface area contributed by atoms with Crippen molar-refractivity contribution in [3.63, 3.8) is 0 Å². The summed E-state index contributed by atoms with van der Waals surface area (Å²) < 4.78 is 7.50. The van der Waals surface area contributed by atoms with Gasteiger partial charge in [-0.25, -0.2) is 15.0 Å². The van der Waals surface area contributed by atoms with Crippen LogP contribution >= 0.6 is 0 Å². The fraction of sp³-hybridized carbons (Fsp3) is 0.529. The second kappa shape index (κ2) is 10.3. The van der Waals surface area contributed by atoms with Crippen LogP contribution in [-0.2, 0) is 20.1 Å². The highest BCUT2D eigenvalue weighted by Gasteiger charge is 2.06. The largest absolute Gasteiger partial charge is 0.477 e. The van der Waals surface area contributed by atoms with Crippen molar-refractivity contribution in [3.05, 3.63) is 36.0 Å². The van der Waals surface area contributed by atoms with Crippen LogP contribution in [0, 0.1) is 0 Å². The van der Waals surface area contributed by atoms with E-state index in [9.17, 15) is 0 Å². The van der Waals surface area contributed by atoms with E-state index in [1.807, 2.05) is 26.1 Å². The number of nitrogens with zero attached hydrogens (tertiary/aromatic N) is 5. The van der Waals surface area contributed by atoms with E-state index in [0.29, 0.717) is 31.5 Å². The van der Waals surface area contributed by atoms with E-state index in [2.05, 4.69) is 37.6 Å². The van der Waals surface area contributed by atoms with Crippen LogP contribution < -0.4 is 15.4 Å². The molecule has 2 aromatic heterocycles. The van der Waals surface area contributed by atoms with Gasteiger partial charge in [0, 0.05) is 25.4 Å². The molecule has 0 amide bonds. The Kier molecular flexibility index (Phi) is 7.68. The Morgan fingerprint density at radius 3 is 2.88 bits per heavy atom. The highest BCUT2D eigenvalue weighted by molar-refractivity contribution is 5.79. The van der Waals surface area contributed by atoms with Gasteiger partial charge >= 0.3 is 0 Å². The van der Waals surface area contributed by atoms with Gasteiger partial charge in [0.25, 0.3) is 0 Å². The number of rotatable bonds is 9. The standard InChI is InChI=1S/C17H27N7O/c1-4-6-10-25-16-14(8-7-9-19-16)11-20-17(18-5-2)21-12-15-22-13-23-24(15)3/h7-9,13H,4-6,10-12H2,1-3H3,(H2,18,20,21). The maximum Gasteiger partial charge on any atom is 0.218 e. The third-order valence-electron chi connectivity index (χ3n) is 3.56. The van der Waals surface area contributed by atoms with Crippen molar-refractivity contribution in [1.82, 2.24) is 30.4 Å². The van der Waals surface area contributed by atoms with Gasteiger partial charge in [-0.1, -0.05) is 19.4 Å². The molecule has 0 fully saturated rings. The topological polar surface area (TPSA) is 89.2 Å². The maximum absolute atomic E-state index is 5.76. The second-order valence-electron chi connectivity index (χ2n) is 5.52. The molecule has 25 heavy (non-hydrogen) atoms. The summed E-state index contributed by atoms with van der Waals surface area (Å²) in [5.41, 5.74) is 0.967. The van der Waals surface area contributed by atoms with Crippen molar-refractivity contribution >= 4 is 5.96 Å². The molecule has 8 nitrogen and oxygen atoms in total. The number of pyridine rings is 1. The van der Waals surface area contributed by atoms with Crippen LogP contribution in [0.5, 0.6) is 5.88 Å². The van der Waals surface area contributed by atoms with E-state index in [1.165, 1.54) is 6.33 Å². The van der Waals surface area contributed by atoms with Crippen molar-refractivity contribution in [2.24, 2.45) is 12.0 Å². The molecule has 136 valence electrons. The van der Waals surface area contributed by atoms with Crippen molar-refractivity contribution in [2.75, 3.05) is 13.2 Å². The number of aliphatic imine (C=N–C) groups is 1. The van der Waals surface area contributed by atoms with Crippen molar-refractivity contribution in [1.29, 1.82) is 0 Å². The Morgan fingerprint density at radius 1 is 1.28 bits per heavy atom. The number of aryl methyl sites for hydroxylation is 1. The molecule has 0 saturated carbocycles. The van der Waals surface area contributed by atoms with Crippen LogP contribution in [0.2, 0.25) is 0 Å². The number of guanidine groups is 1. The maximum atomic E-state index is 5.76. The SMILES string of the molecule is CCCCOc1ncccc1CN=C(NCC)NCc1ncnn1C. The predicted molar refractivity (Wildman–Crippen MR) is 97.3 cm³/mol. The molecule has 0 bridgehead atoms. The zero-order chi connectivity index (χ0) is 17.9. The van der Waals surface area contributed by atoms with Crippen molar-refractivity contribution < 1.29 is 4.74 Å².